The number of rotatable bonds is 2. The van der Waals surface area contributed by atoms with E-state index in [1.165, 1.54) is 12.8 Å². The summed E-state index contributed by atoms with van der Waals surface area (Å²) < 4.78 is 0. The first-order valence-corrected chi connectivity index (χ1v) is 5.12. The van der Waals surface area contributed by atoms with Gasteiger partial charge in [0.1, 0.15) is 5.82 Å². The van der Waals surface area contributed by atoms with Crippen LogP contribution in [0.15, 0.2) is 24.3 Å². The summed E-state index contributed by atoms with van der Waals surface area (Å²) >= 11 is 0. The number of hydrogen-bond acceptors (Lipinski definition) is 4. The lowest BCUT2D eigenvalue weighted by Crippen LogP contribution is -2.10. The van der Waals surface area contributed by atoms with Crippen LogP contribution in [0.1, 0.15) is 24.6 Å². The lowest BCUT2D eigenvalue weighted by Gasteiger charge is -2.06. The first-order valence-electron chi connectivity index (χ1n) is 5.12. The maximum absolute atomic E-state index is 5.47. The summed E-state index contributed by atoms with van der Waals surface area (Å²) in [5, 5.41) is 0.976. The van der Waals surface area contributed by atoms with E-state index in [-0.39, 0.29) is 0 Å². The third-order valence-corrected chi connectivity index (χ3v) is 2.70. The van der Waals surface area contributed by atoms with Crippen LogP contribution in [0.25, 0.3) is 10.9 Å². The van der Waals surface area contributed by atoms with Crippen LogP contribution in [0.3, 0.4) is 0 Å². The first kappa shape index (κ1) is 8.61. The van der Waals surface area contributed by atoms with Crippen molar-refractivity contribution < 1.29 is 0 Å². The molecule has 1 aromatic heterocycles. The third kappa shape index (κ3) is 1.43. The van der Waals surface area contributed by atoms with Crippen LogP contribution in [-0.2, 0) is 0 Å². The molecule has 1 saturated carbocycles. The summed E-state index contributed by atoms with van der Waals surface area (Å²) in [6.45, 7) is 0. The summed E-state index contributed by atoms with van der Waals surface area (Å²) in [5.74, 6) is 7.65. The highest BCUT2D eigenvalue weighted by atomic mass is 15.3. The number of nitrogens with two attached hydrogens (primary N) is 1. The molecule has 1 heterocycles. The van der Waals surface area contributed by atoms with Crippen molar-refractivity contribution >= 4 is 16.7 Å². The molecule has 0 radical (unpaired) electrons. The van der Waals surface area contributed by atoms with E-state index in [1.54, 1.807) is 0 Å². The van der Waals surface area contributed by atoms with Crippen LogP contribution in [0.4, 0.5) is 5.82 Å². The van der Waals surface area contributed by atoms with Gasteiger partial charge in [-0.05, 0) is 25.0 Å². The van der Waals surface area contributed by atoms with Gasteiger partial charge < -0.3 is 5.43 Å². The zero-order chi connectivity index (χ0) is 10.3. The summed E-state index contributed by atoms with van der Waals surface area (Å²) in [5.41, 5.74) is 3.60. The molecule has 76 valence electrons. The van der Waals surface area contributed by atoms with E-state index in [4.69, 9.17) is 5.84 Å². The number of nitrogens with one attached hydrogen (secondary N) is 1. The molecule has 3 rings (SSSR count). The van der Waals surface area contributed by atoms with Crippen molar-refractivity contribution in [2.45, 2.75) is 18.8 Å². The maximum atomic E-state index is 5.47. The molecule has 1 aliphatic rings. The summed E-state index contributed by atoms with van der Waals surface area (Å²) in [7, 11) is 0. The molecule has 1 fully saturated rings. The van der Waals surface area contributed by atoms with Crippen molar-refractivity contribution in [3.05, 3.63) is 30.1 Å². The van der Waals surface area contributed by atoms with Crippen molar-refractivity contribution in [3.8, 4) is 0 Å². The molecule has 0 aliphatic heterocycles. The van der Waals surface area contributed by atoms with Gasteiger partial charge in [0, 0.05) is 11.3 Å². The van der Waals surface area contributed by atoms with Crippen molar-refractivity contribution in [2.75, 3.05) is 5.43 Å². The van der Waals surface area contributed by atoms with Crippen molar-refractivity contribution in [3.63, 3.8) is 0 Å². The largest absolute Gasteiger partial charge is 0.308 e. The van der Waals surface area contributed by atoms with Crippen molar-refractivity contribution in [2.24, 2.45) is 5.84 Å². The number of aromatic nitrogens is 2. The smallest absolute Gasteiger partial charge is 0.151 e. The standard InChI is InChI=1S/C11H12N4/c12-15-11-8-3-1-2-4-9(8)13-10(14-11)7-5-6-7/h1-4,7H,5-6,12H2,(H,13,14,15). The van der Waals surface area contributed by atoms with Gasteiger partial charge in [0.2, 0.25) is 0 Å². The van der Waals surface area contributed by atoms with Gasteiger partial charge >= 0.3 is 0 Å². The van der Waals surface area contributed by atoms with Gasteiger partial charge in [-0.15, -0.1) is 0 Å². The number of benzene rings is 1. The average molecular weight is 200 g/mol. The quantitative estimate of drug-likeness (QED) is 0.573. The fourth-order valence-electron chi connectivity index (χ4n) is 1.73. The summed E-state index contributed by atoms with van der Waals surface area (Å²) in [6.07, 6.45) is 2.39. The van der Waals surface area contributed by atoms with Gasteiger partial charge in [-0.1, -0.05) is 12.1 Å². The molecule has 2 aromatic rings. The second-order valence-electron chi connectivity index (χ2n) is 3.87. The predicted octanol–water partition coefficient (Wildman–Crippen LogP) is 1.79. The number of hydrazine groups is 1. The minimum Gasteiger partial charge on any atom is -0.308 e. The van der Waals surface area contributed by atoms with Crippen molar-refractivity contribution in [1.29, 1.82) is 0 Å². The number of fused-ring (bicyclic) bond motifs is 1. The van der Waals surface area contributed by atoms with Gasteiger partial charge in [-0.25, -0.2) is 15.8 Å². The Morgan fingerprint density at radius 3 is 2.73 bits per heavy atom. The predicted molar refractivity (Wildman–Crippen MR) is 59.3 cm³/mol. The molecule has 1 aromatic carbocycles. The van der Waals surface area contributed by atoms with Crippen LogP contribution >= 0.6 is 0 Å². The van der Waals surface area contributed by atoms with Gasteiger partial charge in [0.25, 0.3) is 0 Å². The molecular formula is C11H12N4. The Bertz CT molecular complexity index is 505. The Balaban J connectivity index is 2.25. The second-order valence-corrected chi connectivity index (χ2v) is 3.87. The molecular weight excluding hydrogens is 188 g/mol. The Morgan fingerprint density at radius 1 is 1.20 bits per heavy atom. The number of anilines is 1. The highest BCUT2D eigenvalue weighted by molar-refractivity contribution is 5.88. The van der Waals surface area contributed by atoms with Crippen LogP contribution in [-0.4, -0.2) is 9.97 Å². The van der Waals surface area contributed by atoms with Gasteiger partial charge in [0.15, 0.2) is 5.82 Å². The van der Waals surface area contributed by atoms with E-state index in [9.17, 15) is 0 Å². The van der Waals surface area contributed by atoms with Gasteiger partial charge in [-0.3, -0.25) is 0 Å². The highest BCUT2D eigenvalue weighted by Gasteiger charge is 2.27. The van der Waals surface area contributed by atoms with E-state index < -0.39 is 0 Å². The van der Waals surface area contributed by atoms with Gasteiger partial charge in [0.05, 0.1) is 5.52 Å². The lowest BCUT2D eigenvalue weighted by atomic mass is 10.2. The number of para-hydroxylation sites is 1. The molecule has 1 aliphatic carbocycles. The number of nitrogens with zero attached hydrogens (tertiary/aromatic N) is 2. The number of hydrogen-bond donors (Lipinski definition) is 2. The Morgan fingerprint density at radius 2 is 2.00 bits per heavy atom. The fourth-order valence-corrected chi connectivity index (χ4v) is 1.73. The molecule has 3 N–H and O–H groups in total. The summed E-state index contributed by atoms with van der Waals surface area (Å²) in [4.78, 5) is 8.97. The van der Waals surface area contributed by atoms with Gasteiger partial charge in [-0.2, -0.15) is 0 Å². The van der Waals surface area contributed by atoms with Crippen molar-refractivity contribution in [1.82, 2.24) is 9.97 Å². The molecule has 0 amide bonds. The zero-order valence-electron chi connectivity index (χ0n) is 8.27. The summed E-state index contributed by atoms with van der Waals surface area (Å²) in [6, 6.07) is 7.90. The van der Waals surface area contributed by atoms with E-state index in [0.29, 0.717) is 5.92 Å². The Labute approximate surface area is 87.5 Å². The third-order valence-electron chi connectivity index (χ3n) is 2.70. The molecule has 4 heteroatoms. The lowest BCUT2D eigenvalue weighted by molar-refractivity contribution is 0.946. The van der Waals surface area contributed by atoms with E-state index in [0.717, 1.165) is 22.5 Å². The Kier molecular flexibility index (Phi) is 1.82. The topological polar surface area (TPSA) is 63.8 Å². The van der Waals surface area contributed by atoms with E-state index in [2.05, 4.69) is 15.4 Å². The van der Waals surface area contributed by atoms with E-state index in [1.807, 2.05) is 24.3 Å². The van der Waals surface area contributed by atoms with Crippen LogP contribution in [0, 0.1) is 0 Å². The van der Waals surface area contributed by atoms with E-state index >= 15 is 0 Å². The molecule has 15 heavy (non-hydrogen) atoms. The van der Waals surface area contributed by atoms with Crippen LogP contribution < -0.4 is 11.3 Å². The molecule has 0 bridgehead atoms. The maximum Gasteiger partial charge on any atom is 0.151 e. The molecule has 4 nitrogen and oxygen atoms in total. The minimum absolute atomic E-state index is 0.543. The molecule has 0 unspecified atom stereocenters. The molecule has 0 atom stereocenters. The molecule has 0 saturated heterocycles. The fraction of sp³-hybridized carbons (Fsp3) is 0.273. The SMILES string of the molecule is NNc1nc(C2CC2)nc2ccccc12. The normalized spacial score (nSPS) is 15.5. The molecule has 0 spiro atoms. The monoisotopic (exact) mass is 200 g/mol. The average Bonchev–Trinajstić information content (AvgIpc) is 3.11. The minimum atomic E-state index is 0.543. The Hall–Kier alpha value is -1.68. The highest BCUT2D eigenvalue weighted by Crippen LogP contribution is 2.39. The number of nitrogen functional groups attached to an aromatic ring is 1. The zero-order valence-corrected chi connectivity index (χ0v) is 8.27. The second kappa shape index (κ2) is 3.17. The van der Waals surface area contributed by atoms with Crippen LogP contribution in [0.5, 0.6) is 0 Å². The first-order chi connectivity index (χ1) is 7.38. The van der Waals surface area contributed by atoms with Crippen LogP contribution in [0.2, 0.25) is 0 Å².